The van der Waals surface area contributed by atoms with Gasteiger partial charge in [0.25, 0.3) is 0 Å². The molecule has 0 saturated carbocycles. The molecule has 0 radical (unpaired) electrons. The lowest BCUT2D eigenvalue weighted by molar-refractivity contribution is -0.128. The van der Waals surface area contributed by atoms with Gasteiger partial charge in [-0.1, -0.05) is 24.3 Å². The molecule has 1 aromatic carbocycles. The summed E-state index contributed by atoms with van der Waals surface area (Å²) in [6, 6.07) is 8.30. The third-order valence-electron chi connectivity index (χ3n) is 3.28. The van der Waals surface area contributed by atoms with Crippen LogP contribution in [0.2, 0.25) is 0 Å². The number of fused-ring (bicyclic) bond motifs is 4. The van der Waals surface area contributed by atoms with Gasteiger partial charge in [0, 0.05) is 0 Å². The Hall–Kier alpha value is -0.860. The van der Waals surface area contributed by atoms with Crippen LogP contribution in [-0.4, -0.2) is 17.3 Å². The Morgan fingerprint density at radius 1 is 1.21 bits per heavy atom. The van der Waals surface area contributed by atoms with Crippen LogP contribution < -0.4 is 0 Å². The largest absolute Gasteiger partial charge is 0.390 e. The summed E-state index contributed by atoms with van der Waals surface area (Å²) >= 11 is 0. The fourth-order valence-corrected chi connectivity index (χ4v) is 2.55. The van der Waals surface area contributed by atoms with E-state index in [0.717, 1.165) is 19.3 Å². The standard InChI is InChI=1S/C12H14O2/c13-11-6-5-9-7-8-3-1-2-4-10(8)12(11)14-9/h1-4,9,11-13H,5-7H2/t9-,11?,12-/m1/s1. The summed E-state index contributed by atoms with van der Waals surface area (Å²) in [5.74, 6) is 0. The fourth-order valence-electron chi connectivity index (χ4n) is 2.55. The summed E-state index contributed by atoms with van der Waals surface area (Å²) in [4.78, 5) is 0. The zero-order valence-corrected chi connectivity index (χ0v) is 8.02. The predicted octanol–water partition coefficient (Wildman–Crippen LogP) is 1.82. The van der Waals surface area contributed by atoms with Crippen LogP contribution in [-0.2, 0) is 11.2 Å². The van der Waals surface area contributed by atoms with Crippen LogP contribution in [0, 0.1) is 0 Å². The first-order valence-corrected chi connectivity index (χ1v) is 5.26. The van der Waals surface area contributed by atoms with Crippen molar-refractivity contribution in [2.75, 3.05) is 0 Å². The summed E-state index contributed by atoms with van der Waals surface area (Å²) in [5.41, 5.74) is 2.54. The minimum absolute atomic E-state index is 0.0706. The highest BCUT2D eigenvalue weighted by atomic mass is 16.5. The number of ether oxygens (including phenoxy) is 1. The highest BCUT2D eigenvalue weighted by molar-refractivity contribution is 5.33. The molecule has 1 aromatic rings. The third-order valence-corrected chi connectivity index (χ3v) is 3.28. The van der Waals surface area contributed by atoms with Crippen LogP contribution in [0.1, 0.15) is 30.1 Å². The van der Waals surface area contributed by atoms with E-state index in [2.05, 4.69) is 18.2 Å². The number of benzene rings is 1. The molecule has 2 bridgehead atoms. The molecule has 0 aromatic heterocycles. The molecular formula is C12H14O2. The van der Waals surface area contributed by atoms with Crippen molar-refractivity contribution < 1.29 is 9.84 Å². The van der Waals surface area contributed by atoms with Gasteiger partial charge in [0.2, 0.25) is 0 Å². The van der Waals surface area contributed by atoms with Crippen LogP contribution >= 0.6 is 0 Å². The normalized spacial score (nSPS) is 35.1. The lowest BCUT2D eigenvalue weighted by Gasteiger charge is -2.39. The van der Waals surface area contributed by atoms with Crippen LogP contribution in [0.4, 0.5) is 0 Å². The fraction of sp³-hybridized carbons (Fsp3) is 0.500. The van der Waals surface area contributed by atoms with E-state index in [-0.39, 0.29) is 12.2 Å². The van der Waals surface area contributed by atoms with E-state index in [4.69, 9.17) is 4.74 Å². The van der Waals surface area contributed by atoms with Gasteiger partial charge >= 0.3 is 0 Å². The molecule has 2 aliphatic heterocycles. The van der Waals surface area contributed by atoms with E-state index in [9.17, 15) is 5.11 Å². The van der Waals surface area contributed by atoms with Gasteiger partial charge in [-0.3, -0.25) is 0 Å². The first-order chi connectivity index (χ1) is 6.84. The zero-order valence-electron chi connectivity index (χ0n) is 8.02. The molecule has 1 unspecified atom stereocenters. The Labute approximate surface area is 83.5 Å². The lowest BCUT2D eigenvalue weighted by atomic mass is 9.85. The number of hydrogen-bond acceptors (Lipinski definition) is 2. The minimum atomic E-state index is -0.312. The van der Waals surface area contributed by atoms with Crippen molar-refractivity contribution in [2.45, 2.75) is 37.6 Å². The SMILES string of the molecule is OC1CC[C@@H]2Cc3ccccc3[C@H]1O2. The summed E-state index contributed by atoms with van der Waals surface area (Å²) in [6.07, 6.45) is 2.83. The molecule has 1 saturated heterocycles. The summed E-state index contributed by atoms with van der Waals surface area (Å²) < 4.78 is 5.81. The monoisotopic (exact) mass is 190 g/mol. The smallest absolute Gasteiger partial charge is 0.109 e. The molecule has 2 nitrogen and oxygen atoms in total. The molecule has 0 aliphatic carbocycles. The predicted molar refractivity (Wildman–Crippen MR) is 53.0 cm³/mol. The molecular weight excluding hydrogens is 176 g/mol. The van der Waals surface area contributed by atoms with Crippen molar-refractivity contribution in [2.24, 2.45) is 0 Å². The van der Waals surface area contributed by atoms with Gasteiger partial charge < -0.3 is 9.84 Å². The van der Waals surface area contributed by atoms with Gasteiger partial charge in [0.15, 0.2) is 0 Å². The second-order valence-corrected chi connectivity index (χ2v) is 4.23. The molecule has 1 fully saturated rings. The summed E-state index contributed by atoms with van der Waals surface area (Å²) in [6.45, 7) is 0. The molecule has 3 rings (SSSR count). The second kappa shape index (κ2) is 3.07. The van der Waals surface area contributed by atoms with Crippen LogP contribution in [0.5, 0.6) is 0 Å². The average molecular weight is 190 g/mol. The highest BCUT2D eigenvalue weighted by Crippen LogP contribution is 2.39. The van der Waals surface area contributed by atoms with Crippen molar-refractivity contribution >= 4 is 0 Å². The Morgan fingerprint density at radius 3 is 3.00 bits per heavy atom. The van der Waals surface area contributed by atoms with Gasteiger partial charge in [-0.15, -0.1) is 0 Å². The highest BCUT2D eigenvalue weighted by Gasteiger charge is 2.36. The first kappa shape index (κ1) is 8.45. The van der Waals surface area contributed by atoms with Crippen LogP contribution in [0.25, 0.3) is 0 Å². The van der Waals surface area contributed by atoms with Crippen LogP contribution in [0.3, 0.4) is 0 Å². The van der Waals surface area contributed by atoms with Crippen LogP contribution in [0.15, 0.2) is 24.3 Å². The Morgan fingerprint density at radius 2 is 2.07 bits per heavy atom. The van der Waals surface area contributed by atoms with Crippen molar-refractivity contribution in [1.82, 2.24) is 0 Å². The quantitative estimate of drug-likeness (QED) is 0.676. The number of rotatable bonds is 0. The molecule has 2 aliphatic rings. The van der Waals surface area contributed by atoms with E-state index in [1.54, 1.807) is 0 Å². The summed E-state index contributed by atoms with van der Waals surface area (Å²) in [5, 5.41) is 9.84. The Kier molecular flexibility index (Phi) is 1.85. The average Bonchev–Trinajstić information content (AvgIpc) is 2.23. The zero-order chi connectivity index (χ0) is 9.54. The molecule has 2 heterocycles. The molecule has 1 N–H and O–H groups in total. The second-order valence-electron chi connectivity index (χ2n) is 4.23. The maximum Gasteiger partial charge on any atom is 0.109 e. The molecule has 0 spiro atoms. The van der Waals surface area contributed by atoms with E-state index < -0.39 is 0 Å². The Bertz CT molecular complexity index is 348. The molecule has 14 heavy (non-hydrogen) atoms. The molecule has 3 atom stereocenters. The third kappa shape index (κ3) is 1.18. The first-order valence-electron chi connectivity index (χ1n) is 5.26. The van der Waals surface area contributed by atoms with Gasteiger partial charge in [-0.2, -0.15) is 0 Å². The van der Waals surface area contributed by atoms with Crippen molar-refractivity contribution in [1.29, 1.82) is 0 Å². The number of aliphatic hydroxyl groups excluding tert-OH is 1. The number of aliphatic hydroxyl groups is 1. The Balaban J connectivity index is 2.06. The summed E-state index contributed by atoms with van der Waals surface area (Å²) in [7, 11) is 0. The van der Waals surface area contributed by atoms with Crippen molar-refractivity contribution in [3.8, 4) is 0 Å². The minimum Gasteiger partial charge on any atom is -0.390 e. The van der Waals surface area contributed by atoms with E-state index >= 15 is 0 Å². The van der Waals surface area contributed by atoms with Gasteiger partial charge in [0.1, 0.15) is 6.10 Å². The molecule has 2 heteroatoms. The lowest BCUT2D eigenvalue weighted by Crippen LogP contribution is -2.38. The molecule has 74 valence electrons. The van der Waals surface area contributed by atoms with Gasteiger partial charge in [-0.05, 0) is 30.4 Å². The van der Waals surface area contributed by atoms with E-state index in [0.29, 0.717) is 6.10 Å². The van der Waals surface area contributed by atoms with E-state index in [1.807, 2.05) is 6.07 Å². The van der Waals surface area contributed by atoms with Crippen molar-refractivity contribution in [3.63, 3.8) is 0 Å². The van der Waals surface area contributed by atoms with E-state index in [1.165, 1.54) is 11.1 Å². The maximum atomic E-state index is 9.84. The molecule has 0 amide bonds. The number of hydrogen-bond donors (Lipinski definition) is 1. The topological polar surface area (TPSA) is 29.5 Å². The van der Waals surface area contributed by atoms with Crippen molar-refractivity contribution in [3.05, 3.63) is 35.4 Å². The van der Waals surface area contributed by atoms with Gasteiger partial charge in [0.05, 0.1) is 12.2 Å². The van der Waals surface area contributed by atoms with Gasteiger partial charge in [-0.25, -0.2) is 0 Å². The maximum absolute atomic E-state index is 9.84.